The van der Waals surface area contributed by atoms with Gasteiger partial charge in [0.1, 0.15) is 16.5 Å². The van der Waals surface area contributed by atoms with Gasteiger partial charge in [-0.15, -0.1) is 0 Å². The molecular formula is C14H17BrN4O2. The van der Waals surface area contributed by atoms with E-state index in [0.717, 1.165) is 36.3 Å². The van der Waals surface area contributed by atoms with Crippen LogP contribution in [0.1, 0.15) is 31.7 Å². The Balaban J connectivity index is 1.55. The standard InChI is InChI=1S/C14H17BrN4O2/c1-2-3-12(14-17-9-18-21-14)19-7-11(8-19)20-10-4-5-13(15)16-6-10/h4-6,9,11-12H,2-3,7-8H2,1H3. The van der Waals surface area contributed by atoms with Gasteiger partial charge in [0.25, 0.3) is 0 Å². The fourth-order valence-electron chi connectivity index (χ4n) is 2.49. The van der Waals surface area contributed by atoms with E-state index in [1.54, 1.807) is 6.20 Å². The number of hydrogen-bond acceptors (Lipinski definition) is 6. The van der Waals surface area contributed by atoms with Gasteiger partial charge in [0.05, 0.1) is 12.2 Å². The van der Waals surface area contributed by atoms with E-state index in [1.807, 2.05) is 12.1 Å². The molecule has 0 aromatic carbocycles. The molecule has 1 aliphatic rings. The Hall–Kier alpha value is -1.47. The molecule has 0 spiro atoms. The summed E-state index contributed by atoms with van der Waals surface area (Å²) in [6.45, 7) is 3.89. The lowest BCUT2D eigenvalue weighted by Crippen LogP contribution is -2.55. The SMILES string of the molecule is CCCC(c1ncno1)N1CC(Oc2ccc(Br)nc2)C1. The summed E-state index contributed by atoms with van der Waals surface area (Å²) in [4.78, 5) is 10.7. The molecule has 0 radical (unpaired) electrons. The number of rotatable bonds is 6. The van der Waals surface area contributed by atoms with Gasteiger partial charge in [0, 0.05) is 13.1 Å². The van der Waals surface area contributed by atoms with Crippen LogP contribution in [0.2, 0.25) is 0 Å². The summed E-state index contributed by atoms with van der Waals surface area (Å²) in [7, 11) is 0. The zero-order valence-electron chi connectivity index (χ0n) is 11.8. The quantitative estimate of drug-likeness (QED) is 0.744. The lowest BCUT2D eigenvalue weighted by Gasteiger charge is -2.42. The molecule has 7 heteroatoms. The van der Waals surface area contributed by atoms with Crippen molar-refractivity contribution in [3.63, 3.8) is 0 Å². The second-order valence-electron chi connectivity index (χ2n) is 5.09. The van der Waals surface area contributed by atoms with E-state index in [9.17, 15) is 0 Å². The number of halogens is 1. The Bertz CT molecular complexity index is 555. The second kappa shape index (κ2) is 6.53. The summed E-state index contributed by atoms with van der Waals surface area (Å²) >= 11 is 3.31. The minimum atomic E-state index is 0.190. The minimum absolute atomic E-state index is 0.190. The molecule has 1 aliphatic heterocycles. The summed E-state index contributed by atoms with van der Waals surface area (Å²) in [5.74, 6) is 1.49. The summed E-state index contributed by atoms with van der Waals surface area (Å²) in [6, 6.07) is 3.99. The third-order valence-corrected chi connectivity index (χ3v) is 4.01. The van der Waals surface area contributed by atoms with Gasteiger partial charge in [-0.1, -0.05) is 18.5 Å². The van der Waals surface area contributed by atoms with Crippen LogP contribution in [0.4, 0.5) is 0 Å². The van der Waals surface area contributed by atoms with Crippen LogP contribution in [0.5, 0.6) is 5.75 Å². The highest BCUT2D eigenvalue weighted by molar-refractivity contribution is 9.10. The van der Waals surface area contributed by atoms with Gasteiger partial charge >= 0.3 is 0 Å². The van der Waals surface area contributed by atoms with Crippen molar-refractivity contribution < 1.29 is 9.26 Å². The highest BCUT2D eigenvalue weighted by Gasteiger charge is 2.36. The van der Waals surface area contributed by atoms with E-state index in [4.69, 9.17) is 9.26 Å². The van der Waals surface area contributed by atoms with Crippen LogP contribution in [0.15, 0.2) is 33.8 Å². The van der Waals surface area contributed by atoms with Crippen molar-refractivity contribution >= 4 is 15.9 Å². The van der Waals surface area contributed by atoms with Crippen molar-refractivity contribution in [2.24, 2.45) is 0 Å². The van der Waals surface area contributed by atoms with Gasteiger partial charge in [0.15, 0.2) is 6.33 Å². The van der Waals surface area contributed by atoms with Crippen LogP contribution < -0.4 is 4.74 Å². The molecule has 3 rings (SSSR count). The van der Waals surface area contributed by atoms with E-state index in [0.29, 0.717) is 5.89 Å². The van der Waals surface area contributed by atoms with Crippen molar-refractivity contribution in [3.8, 4) is 5.75 Å². The Morgan fingerprint density at radius 3 is 2.90 bits per heavy atom. The molecule has 1 saturated heterocycles. The van der Waals surface area contributed by atoms with Gasteiger partial charge in [-0.3, -0.25) is 4.90 Å². The molecular weight excluding hydrogens is 336 g/mol. The fraction of sp³-hybridized carbons (Fsp3) is 0.500. The number of nitrogens with zero attached hydrogens (tertiary/aromatic N) is 4. The van der Waals surface area contributed by atoms with Crippen LogP contribution in [-0.2, 0) is 0 Å². The molecule has 3 heterocycles. The number of pyridine rings is 1. The molecule has 1 atom stereocenters. The molecule has 0 aliphatic carbocycles. The normalized spacial score (nSPS) is 17.4. The molecule has 0 N–H and O–H groups in total. The van der Waals surface area contributed by atoms with Gasteiger partial charge < -0.3 is 9.26 Å². The molecule has 1 unspecified atom stereocenters. The van der Waals surface area contributed by atoms with Crippen molar-refractivity contribution in [2.45, 2.75) is 31.9 Å². The first-order chi connectivity index (χ1) is 10.3. The summed E-state index contributed by atoms with van der Waals surface area (Å²) in [5, 5.41) is 3.70. The predicted octanol–water partition coefficient (Wildman–Crippen LogP) is 2.83. The van der Waals surface area contributed by atoms with Gasteiger partial charge in [-0.25, -0.2) is 4.98 Å². The van der Waals surface area contributed by atoms with Crippen molar-refractivity contribution in [3.05, 3.63) is 35.2 Å². The molecule has 6 nitrogen and oxygen atoms in total. The third kappa shape index (κ3) is 3.41. The number of likely N-dealkylation sites (tertiary alicyclic amines) is 1. The molecule has 0 bridgehead atoms. The first kappa shape index (κ1) is 14.5. The Kier molecular flexibility index (Phi) is 4.50. The summed E-state index contributed by atoms with van der Waals surface area (Å²) < 4.78 is 11.9. The smallest absolute Gasteiger partial charge is 0.243 e. The van der Waals surface area contributed by atoms with Crippen LogP contribution in [0.3, 0.4) is 0 Å². The topological polar surface area (TPSA) is 64.3 Å². The van der Waals surface area contributed by atoms with Crippen LogP contribution in [0.25, 0.3) is 0 Å². The second-order valence-corrected chi connectivity index (χ2v) is 5.91. The predicted molar refractivity (Wildman–Crippen MR) is 79.9 cm³/mol. The van der Waals surface area contributed by atoms with Crippen LogP contribution in [-0.4, -0.2) is 39.2 Å². The minimum Gasteiger partial charge on any atom is -0.486 e. The molecule has 0 amide bonds. The average molecular weight is 353 g/mol. The lowest BCUT2D eigenvalue weighted by molar-refractivity contribution is -0.0211. The summed E-state index contributed by atoms with van der Waals surface area (Å²) in [6.07, 6.45) is 5.46. The highest BCUT2D eigenvalue weighted by Crippen LogP contribution is 2.30. The Morgan fingerprint density at radius 1 is 1.43 bits per heavy atom. The maximum absolute atomic E-state index is 5.89. The van der Waals surface area contributed by atoms with Crippen LogP contribution in [0, 0.1) is 0 Å². The largest absolute Gasteiger partial charge is 0.486 e. The Morgan fingerprint density at radius 2 is 2.29 bits per heavy atom. The maximum Gasteiger partial charge on any atom is 0.243 e. The maximum atomic E-state index is 5.89. The molecule has 21 heavy (non-hydrogen) atoms. The van der Waals surface area contributed by atoms with Gasteiger partial charge in [-0.05, 0) is 34.5 Å². The first-order valence-corrected chi connectivity index (χ1v) is 7.84. The van der Waals surface area contributed by atoms with Crippen molar-refractivity contribution in [2.75, 3.05) is 13.1 Å². The number of ether oxygens (including phenoxy) is 1. The molecule has 0 saturated carbocycles. The Labute approximate surface area is 131 Å². The van der Waals surface area contributed by atoms with Crippen LogP contribution >= 0.6 is 15.9 Å². The average Bonchev–Trinajstić information content (AvgIpc) is 2.96. The number of hydrogen-bond donors (Lipinski definition) is 0. The highest BCUT2D eigenvalue weighted by atomic mass is 79.9. The van der Waals surface area contributed by atoms with Gasteiger partial charge in [0.2, 0.25) is 5.89 Å². The van der Waals surface area contributed by atoms with E-state index in [1.165, 1.54) is 6.33 Å². The molecule has 2 aromatic rings. The fourth-order valence-corrected chi connectivity index (χ4v) is 2.72. The van der Waals surface area contributed by atoms with E-state index >= 15 is 0 Å². The molecule has 112 valence electrons. The van der Waals surface area contributed by atoms with Gasteiger partial charge in [-0.2, -0.15) is 4.98 Å². The first-order valence-electron chi connectivity index (χ1n) is 7.05. The van der Waals surface area contributed by atoms with E-state index in [2.05, 4.69) is 42.9 Å². The van der Waals surface area contributed by atoms with Crippen molar-refractivity contribution in [1.82, 2.24) is 20.0 Å². The van der Waals surface area contributed by atoms with Crippen molar-refractivity contribution in [1.29, 1.82) is 0 Å². The molecule has 2 aromatic heterocycles. The zero-order valence-corrected chi connectivity index (χ0v) is 13.4. The lowest BCUT2D eigenvalue weighted by atomic mass is 10.0. The zero-order chi connectivity index (χ0) is 14.7. The summed E-state index contributed by atoms with van der Waals surface area (Å²) in [5.41, 5.74) is 0. The monoisotopic (exact) mass is 352 g/mol. The molecule has 1 fully saturated rings. The van der Waals surface area contributed by atoms with E-state index < -0.39 is 0 Å². The third-order valence-electron chi connectivity index (χ3n) is 3.55. The van der Waals surface area contributed by atoms with E-state index in [-0.39, 0.29) is 12.1 Å². The number of aromatic nitrogens is 3.